The minimum atomic E-state index is -0.722. The van der Waals surface area contributed by atoms with E-state index in [2.05, 4.69) is 0 Å². The van der Waals surface area contributed by atoms with Crippen LogP contribution in [0.4, 0.5) is 0 Å². The van der Waals surface area contributed by atoms with Gasteiger partial charge in [0.05, 0.1) is 13.7 Å². The number of hydrogen-bond donors (Lipinski definition) is 0. The molecule has 0 aliphatic rings. The van der Waals surface area contributed by atoms with Crippen LogP contribution in [0.1, 0.15) is 38.7 Å². The zero-order valence-electron chi connectivity index (χ0n) is 13.0. The van der Waals surface area contributed by atoms with Crippen molar-refractivity contribution in [2.24, 2.45) is 5.92 Å². The van der Waals surface area contributed by atoms with Crippen LogP contribution in [0.3, 0.4) is 0 Å². The van der Waals surface area contributed by atoms with Crippen LogP contribution in [0.5, 0.6) is 0 Å². The highest BCUT2D eigenvalue weighted by Gasteiger charge is 2.30. The second-order valence-corrected chi connectivity index (χ2v) is 5.06. The monoisotopic (exact) mass is 292 g/mol. The fourth-order valence-electron chi connectivity index (χ4n) is 2.09. The number of rotatable bonds is 9. The number of Topliss-reactive ketones (excluding diaryl/α,β-unsaturated/α-hetero) is 1. The van der Waals surface area contributed by atoms with E-state index in [4.69, 9.17) is 9.47 Å². The van der Waals surface area contributed by atoms with Crippen molar-refractivity contribution in [3.63, 3.8) is 0 Å². The summed E-state index contributed by atoms with van der Waals surface area (Å²) in [7, 11) is 1.31. The Balaban J connectivity index is 2.58. The summed E-state index contributed by atoms with van der Waals surface area (Å²) in [5, 5.41) is 0. The van der Waals surface area contributed by atoms with Crippen LogP contribution in [0.25, 0.3) is 0 Å². The van der Waals surface area contributed by atoms with Gasteiger partial charge in [0.2, 0.25) is 0 Å². The molecule has 0 amide bonds. The molecule has 0 bridgehead atoms. The SMILES string of the molecule is CCCCC(C(=O)OC)C(=O)[C@H](C)OCc1ccccc1. The number of benzene rings is 1. The number of ketones is 1. The zero-order valence-corrected chi connectivity index (χ0v) is 13.0. The van der Waals surface area contributed by atoms with E-state index < -0.39 is 18.0 Å². The van der Waals surface area contributed by atoms with Gasteiger partial charge in [-0.15, -0.1) is 0 Å². The van der Waals surface area contributed by atoms with Gasteiger partial charge in [0.15, 0.2) is 5.78 Å². The maximum absolute atomic E-state index is 12.3. The van der Waals surface area contributed by atoms with E-state index in [1.165, 1.54) is 7.11 Å². The molecule has 1 aromatic rings. The van der Waals surface area contributed by atoms with E-state index in [0.717, 1.165) is 18.4 Å². The Bertz CT molecular complexity index is 441. The van der Waals surface area contributed by atoms with Crippen LogP contribution < -0.4 is 0 Å². The molecule has 4 nitrogen and oxygen atoms in total. The number of unbranched alkanes of at least 4 members (excludes halogenated alkanes) is 1. The molecule has 0 spiro atoms. The van der Waals surface area contributed by atoms with E-state index in [-0.39, 0.29) is 5.78 Å². The third-order valence-corrected chi connectivity index (χ3v) is 3.42. The number of carbonyl (C=O) groups excluding carboxylic acids is 2. The van der Waals surface area contributed by atoms with E-state index in [1.54, 1.807) is 6.92 Å². The molecule has 0 radical (unpaired) electrons. The molecule has 0 aliphatic heterocycles. The molecule has 1 rings (SSSR count). The molecule has 0 N–H and O–H groups in total. The molecule has 1 aromatic carbocycles. The van der Waals surface area contributed by atoms with E-state index >= 15 is 0 Å². The average Bonchev–Trinajstić information content (AvgIpc) is 2.53. The van der Waals surface area contributed by atoms with Gasteiger partial charge in [-0.1, -0.05) is 50.1 Å². The van der Waals surface area contributed by atoms with E-state index in [9.17, 15) is 9.59 Å². The van der Waals surface area contributed by atoms with Crippen LogP contribution >= 0.6 is 0 Å². The van der Waals surface area contributed by atoms with Gasteiger partial charge >= 0.3 is 5.97 Å². The first-order chi connectivity index (χ1) is 10.1. The van der Waals surface area contributed by atoms with Crippen LogP contribution in [-0.4, -0.2) is 25.0 Å². The van der Waals surface area contributed by atoms with Crippen molar-refractivity contribution >= 4 is 11.8 Å². The minimum absolute atomic E-state index is 0.203. The lowest BCUT2D eigenvalue weighted by atomic mass is 9.94. The summed E-state index contributed by atoms with van der Waals surface area (Å²) in [6, 6.07) is 9.64. The Morgan fingerprint density at radius 3 is 2.43 bits per heavy atom. The van der Waals surface area contributed by atoms with Gasteiger partial charge in [-0.05, 0) is 18.9 Å². The molecular formula is C17H24O4. The molecule has 0 saturated heterocycles. The quantitative estimate of drug-likeness (QED) is 0.518. The summed E-state index contributed by atoms with van der Waals surface area (Å²) in [6.45, 7) is 4.07. The molecule has 21 heavy (non-hydrogen) atoms. The van der Waals surface area contributed by atoms with Crippen molar-refractivity contribution in [2.45, 2.75) is 45.8 Å². The fraction of sp³-hybridized carbons (Fsp3) is 0.529. The predicted molar refractivity (Wildman–Crippen MR) is 80.7 cm³/mol. The first-order valence-electron chi connectivity index (χ1n) is 7.37. The highest BCUT2D eigenvalue weighted by atomic mass is 16.5. The van der Waals surface area contributed by atoms with Crippen LogP contribution in [0, 0.1) is 5.92 Å². The smallest absolute Gasteiger partial charge is 0.316 e. The lowest BCUT2D eigenvalue weighted by molar-refractivity contribution is -0.153. The Morgan fingerprint density at radius 2 is 1.86 bits per heavy atom. The Hall–Kier alpha value is -1.68. The maximum atomic E-state index is 12.3. The topological polar surface area (TPSA) is 52.6 Å². The zero-order chi connectivity index (χ0) is 15.7. The predicted octanol–water partition coefficient (Wildman–Crippen LogP) is 3.14. The summed E-state index contributed by atoms with van der Waals surface area (Å²) in [4.78, 5) is 24.1. The Labute approximate surface area is 126 Å². The Kier molecular flexibility index (Phi) is 7.69. The summed E-state index contributed by atoms with van der Waals surface area (Å²) in [5.74, 6) is -1.39. The summed E-state index contributed by atoms with van der Waals surface area (Å²) >= 11 is 0. The van der Waals surface area contributed by atoms with Crippen LogP contribution in [0.2, 0.25) is 0 Å². The third-order valence-electron chi connectivity index (χ3n) is 3.42. The molecule has 1 unspecified atom stereocenters. The molecule has 0 aromatic heterocycles. The molecule has 0 aliphatic carbocycles. The fourth-order valence-corrected chi connectivity index (χ4v) is 2.09. The lowest BCUT2D eigenvalue weighted by Crippen LogP contribution is -2.34. The molecule has 0 heterocycles. The largest absolute Gasteiger partial charge is 0.468 e. The first kappa shape index (κ1) is 17.4. The van der Waals surface area contributed by atoms with Crippen molar-refractivity contribution in [1.82, 2.24) is 0 Å². The average molecular weight is 292 g/mol. The van der Waals surface area contributed by atoms with Crippen molar-refractivity contribution in [2.75, 3.05) is 7.11 Å². The minimum Gasteiger partial charge on any atom is -0.468 e. The maximum Gasteiger partial charge on any atom is 0.316 e. The van der Waals surface area contributed by atoms with Gasteiger partial charge in [0.25, 0.3) is 0 Å². The summed E-state index contributed by atoms with van der Waals surface area (Å²) in [5.41, 5.74) is 1.00. The van der Waals surface area contributed by atoms with Gasteiger partial charge in [-0.2, -0.15) is 0 Å². The second kappa shape index (κ2) is 9.29. The van der Waals surface area contributed by atoms with Gasteiger partial charge in [0.1, 0.15) is 12.0 Å². The summed E-state index contributed by atoms with van der Waals surface area (Å²) < 4.78 is 10.3. The van der Waals surface area contributed by atoms with E-state index in [0.29, 0.717) is 13.0 Å². The first-order valence-corrected chi connectivity index (χ1v) is 7.37. The van der Waals surface area contributed by atoms with Gasteiger partial charge in [0, 0.05) is 0 Å². The van der Waals surface area contributed by atoms with Crippen molar-refractivity contribution < 1.29 is 19.1 Å². The van der Waals surface area contributed by atoms with Gasteiger partial charge < -0.3 is 9.47 Å². The van der Waals surface area contributed by atoms with Crippen molar-refractivity contribution in [3.05, 3.63) is 35.9 Å². The molecular weight excluding hydrogens is 268 g/mol. The Morgan fingerprint density at radius 1 is 1.19 bits per heavy atom. The van der Waals surface area contributed by atoms with Crippen molar-refractivity contribution in [1.29, 1.82) is 0 Å². The molecule has 4 heteroatoms. The number of carbonyl (C=O) groups is 2. The van der Waals surface area contributed by atoms with Crippen LogP contribution in [-0.2, 0) is 25.7 Å². The standard InChI is InChI=1S/C17H24O4/c1-4-5-11-15(17(19)20-3)16(18)13(2)21-12-14-9-7-6-8-10-14/h6-10,13,15H,4-5,11-12H2,1-3H3/t13-,15?/m0/s1. The number of hydrogen-bond acceptors (Lipinski definition) is 4. The third kappa shape index (κ3) is 5.68. The normalized spacial score (nSPS) is 13.5. The number of esters is 1. The van der Waals surface area contributed by atoms with Gasteiger partial charge in [-0.3, -0.25) is 9.59 Å². The number of methoxy groups -OCH3 is 1. The molecule has 0 saturated carbocycles. The van der Waals surface area contributed by atoms with Crippen molar-refractivity contribution in [3.8, 4) is 0 Å². The summed E-state index contributed by atoms with van der Waals surface area (Å²) in [6.07, 6.45) is 1.64. The van der Waals surface area contributed by atoms with Crippen LogP contribution in [0.15, 0.2) is 30.3 Å². The number of ether oxygens (including phenoxy) is 2. The molecule has 0 fully saturated rings. The highest BCUT2D eigenvalue weighted by Crippen LogP contribution is 2.16. The highest BCUT2D eigenvalue weighted by molar-refractivity contribution is 6.01. The van der Waals surface area contributed by atoms with E-state index in [1.807, 2.05) is 37.3 Å². The molecule has 116 valence electrons. The van der Waals surface area contributed by atoms with Gasteiger partial charge in [-0.25, -0.2) is 0 Å². The molecule has 2 atom stereocenters. The second-order valence-electron chi connectivity index (χ2n) is 5.06. The lowest BCUT2D eigenvalue weighted by Gasteiger charge is -2.18.